The van der Waals surface area contributed by atoms with Gasteiger partial charge in [-0.1, -0.05) is 19.8 Å². The van der Waals surface area contributed by atoms with E-state index in [4.69, 9.17) is 5.11 Å². The summed E-state index contributed by atoms with van der Waals surface area (Å²) in [6.45, 7) is 2.59. The molecule has 1 aliphatic carbocycles. The number of carboxylic acid groups (broad SMARTS) is 1. The summed E-state index contributed by atoms with van der Waals surface area (Å²) in [5.41, 5.74) is 0. The monoisotopic (exact) mass is 227 g/mol. The van der Waals surface area contributed by atoms with E-state index < -0.39 is 5.97 Å². The van der Waals surface area contributed by atoms with E-state index in [0.29, 0.717) is 18.9 Å². The second kappa shape index (κ2) is 6.51. The van der Waals surface area contributed by atoms with Crippen molar-refractivity contribution < 1.29 is 14.7 Å². The molecule has 1 aliphatic rings. The Kier molecular flexibility index (Phi) is 5.29. The molecule has 1 N–H and O–H groups in total. The van der Waals surface area contributed by atoms with Gasteiger partial charge in [0.15, 0.2) is 0 Å². The summed E-state index contributed by atoms with van der Waals surface area (Å²) in [4.78, 5) is 23.9. The number of carbonyl (C=O) groups is 2. The molecule has 0 atom stereocenters. The number of hydrogen-bond donors (Lipinski definition) is 1. The van der Waals surface area contributed by atoms with Gasteiger partial charge in [-0.25, -0.2) is 0 Å². The fraction of sp³-hybridized carbons (Fsp3) is 0.833. The molecule has 0 aromatic carbocycles. The van der Waals surface area contributed by atoms with Crippen LogP contribution in [0, 0.1) is 5.92 Å². The van der Waals surface area contributed by atoms with Gasteiger partial charge >= 0.3 is 5.97 Å². The highest BCUT2D eigenvalue weighted by Gasteiger charge is 2.27. The summed E-state index contributed by atoms with van der Waals surface area (Å²) in [7, 11) is 0. The van der Waals surface area contributed by atoms with Crippen molar-refractivity contribution in [2.75, 3.05) is 13.1 Å². The van der Waals surface area contributed by atoms with Crippen LogP contribution in [-0.4, -0.2) is 35.0 Å². The number of aliphatic carboxylic acids is 1. The Morgan fingerprint density at radius 1 is 1.31 bits per heavy atom. The molecule has 1 saturated carbocycles. The van der Waals surface area contributed by atoms with Crippen LogP contribution in [0.25, 0.3) is 0 Å². The van der Waals surface area contributed by atoms with E-state index in [9.17, 15) is 9.59 Å². The number of amides is 1. The van der Waals surface area contributed by atoms with E-state index in [1.165, 1.54) is 4.90 Å². The quantitative estimate of drug-likeness (QED) is 0.644. The number of carbonyl (C=O) groups excluding carboxylic acids is 1. The minimum absolute atomic E-state index is 0.00255. The van der Waals surface area contributed by atoms with Crippen molar-refractivity contribution in [2.24, 2.45) is 5.92 Å². The van der Waals surface area contributed by atoms with Gasteiger partial charge in [0.1, 0.15) is 6.54 Å². The second-order valence-corrected chi connectivity index (χ2v) is 4.57. The van der Waals surface area contributed by atoms with Crippen LogP contribution in [-0.2, 0) is 9.59 Å². The highest BCUT2D eigenvalue weighted by atomic mass is 16.4. The molecule has 4 nitrogen and oxygen atoms in total. The predicted octanol–water partition coefficient (Wildman–Crippen LogP) is 1.89. The minimum atomic E-state index is -0.913. The lowest BCUT2D eigenvalue weighted by atomic mass is 10.2. The molecule has 0 bridgehead atoms. The first-order chi connectivity index (χ1) is 7.63. The molecule has 0 heterocycles. The van der Waals surface area contributed by atoms with Crippen molar-refractivity contribution in [3.8, 4) is 0 Å². The third-order valence-corrected chi connectivity index (χ3v) is 2.85. The number of unbranched alkanes of at least 4 members (excludes halogenated alkanes) is 2. The van der Waals surface area contributed by atoms with Crippen molar-refractivity contribution in [3.05, 3.63) is 0 Å². The molecule has 1 amide bonds. The number of rotatable bonds is 8. The third-order valence-electron chi connectivity index (χ3n) is 2.85. The van der Waals surface area contributed by atoms with Crippen molar-refractivity contribution >= 4 is 11.9 Å². The second-order valence-electron chi connectivity index (χ2n) is 4.57. The van der Waals surface area contributed by atoms with Crippen molar-refractivity contribution in [1.29, 1.82) is 0 Å². The molecule has 1 rings (SSSR count). The van der Waals surface area contributed by atoms with Crippen LogP contribution in [0.15, 0.2) is 0 Å². The van der Waals surface area contributed by atoms with Gasteiger partial charge in [-0.3, -0.25) is 9.59 Å². The Hall–Kier alpha value is -1.06. The Morgan fingerprint density at radius 3 is 2.50 bits per heavy atom. The lowest BCUT2D eigenvalue weighted by Gasteiger charge is -2.20. The fourth-order valence-electron chi connectivity index (χ4n) is 1.71. The summed E-state index contributed by atoms with van der Waals surface area (Å²) >= 11 is 0. The predicted molar refractivity (Wildman–Crippen MR) is 61.1 cm³/mol. The van der Waals surface area contributed by atoms with Gasteiger partial charge in [-0.05, 0) is 25.2 Å². The minimum Gasteiger partial charge on any atom is -0.480 e. The van der Waals surface area contributed by atoms with Gasteiger partial charge in [-0.2, -0.15) is 0 Å². The van der Waals surface area contributed by atoms with Gasteiger partial charge < -0.3 is 10.0 Å². The highest BCUT2D eigenvalue weighted by Crippen LogP contribution is 2.29. The molecule has 92 valence electrons. The molecular weight excluding hydrogens is 206 g/mol. The molecule has 0 unspecified atom stereocenters. The van der Waals surface area contributed by atoms with Gasteiger partial charge in [0.2, 0.25) is 5.91 Å². The van der Waals surface area contributed by atoms with E-state index in [-0.39, 0.29) is 12.5 Å². The number of carboxylic acids is 1. The van der Waals surface area contributed by atoms with Gasteiger partial charge in [0.05, 0.1) is 0 Å². The van der Waals surface area contributed by atoms with Crippen molar-refractivity contribution in [2.45, 2.75) is 45.4 Å². The molecule has 0 aliphatic heterocycles. The van der Waals surface area contributed by atoms with Crippen LogP contribution >= 0.6 is 0 Å². The SMILES string of the molecule is CCCCCC(=O)N(CC(=O)O)CC1CC1. The van der Waals surface area contributed by atoms with E-state index in [1.54, 1.807) is 0 Å². The van der Waals surface area contributed by atoms with Gasteiger partial charge in [0, 0.05) is 13.0 Å². The molecule has 16 heavy (non-hydrogen) atoms. The topological polar surface area (TPSA) is 57.6 Å². The van der Waals surface area contributed by atoms with E-state index in [1.807, 2.05) is 0 Å². The fourth-order valence-corrected chi connectivity index (χ4v) is 1.71. The largest absolute Gasteiger partial charge is 0.480 e. The Balaban J connectivity index is 2.33. The summed E-state index contributed by atoms with van der Waals surface area (Å²) in [6, 6.07) is 0. The molecule has 0 aromatic rings. The molecular formula is C12H21NO3. The van der Waals surface area contributed by atoms with Crippen LogP contribution in [0.3, 0.4) is 0 Å². The summed E-state index contributed by atoms with van der Waals surface area (Å²) in [5.74, 6) is -0.360. The summed E-state index contributed by atoms with van der Waals surface area (Å²) < 4.78 is 0. The van der Waals surface area contributed by atoms with Gasteiger partial charge in [0.25, 0.3) is 0 Å². The van der Waals surface area contributed by atoms with Crippen LogP contribution < -0.4 is 0 Å². The number of hydrogen-bond acceptors (Lipinski definition) is 2. The van der Waals surface area contributed by atoms with Crippen LogP contribution in [0.1, 0.15) is 45.4 Å². The van der Waals surface area contributed by atoms with Crippen LogP contribution in [0.2, 0.25) is 0 Å². The lowest BCUT2D eigenvalue weighted by molar-refractivity contribution is -0.144. The maximum Gasteiger partial charge on any atom is 0.323 e. The Bertz CT molecular complexity index is 249. The standard InChI is InChI=1S/C12H21NO3/c1-2-3-4-5-11(14)13(9-12(15)16)8-10-6-7-10/h10H,2-9H2,1H3,(H,15,16). The van der Waals surface area contributed by atoms with Crippen LogP contribution in [0.5, 0.6) is 0 Å². The number of nitrogens with zero attached hydrogens (tertiary/aromatic N) is 1. The molecule has 1 fully saturated rings. The first-order valence-electron chi connectivity index (χ1n) is 6.13. The maximum absolute atomic E-state index is 11.8. The van der Waals surface area contributed by atoms with Crippen molar-refractivity contribution in [1.82, 2.24) is 4.90 Å². The van der Waals surface area contributed by atoms with E-state index in [2.05, 4.69) is 6.92 Å². The average Bonchev–Trinajstić information content (AvgIpc) is 3.00. The smallest absolute Gasteiger partial charge is 0.323 e. The molecule has 0 radical (unpaired) electrons. The zero-order valence-electron chi connectivity index (χ0n) is 9.95. The van der Waals surface area contributed by atoms with E-state index >= 15 is 0 Å². The summed E-state index contributed by atoms with van der Waals surface area (Å²) in [6.07, 6.45) is 5.76. The Morgan fingerprint density at radius 2 is 2.00 bits per heavy atom. The zero-order valence-corrected chi connectivity index (χ0v) is 9.95. The van der Waals surface area contributed by atoms with E-state index in [0.717, 1.165) is 32.1 Å². The van der Waals surface area contributed by atoms with Gasteiger partial charge in [-0.15, -0.1) is 0 Å². The highest BCUT2D eigenvalue weighted by molar-refractivity contribution is 5.81. The Labute approximate surface area is 96.6 Å². The first-order valence-corrected chi connectivity index (χ1v) is 6.13. The molecule has 4 heteroatoms. The average molecular weight is 227 g/mol. The first kappa shape index (κ1) is 13.0. The molecule has 0 aromatic heterocycles. The molecule has 0 saturated heterocycles. The van der Waals surface area contributed by atoms with Crippen molar-refractivity contribution in [3.63, 3.8) is 0 Å². The maximum atomic E-state index is 11.8. The van der Waals surface area contributed by atoms with Crippen LogP contribution in [0.4, 0.5) is 0 Å². The summed E-state index contributed by atoms with van der Waals surface area (Å²) in [5, 5.41) is 8.74. The normalized spacial score (nSPS) is 14.8. The molecule has 0 spiro atoms. The zero-order chi connectivity index (χ0) is 12.0. The lowest BCUT2D eigenvalue weighted by Crippen LogP contribution is -2.37. The third kappa shape index (κ3) is 5.14.